The molecule has 0 atom stereocenters. The molecule has 0 amide bonds. The smallest absolute Gasteiger partial charge is 0.225 e. The van der Waals surface area contributed by atoms with E-state index < -0.39 is 0 Å². The van der Waals surface area contributed by atoms with Crippen LogP contribution in [0.1, 0.15) is 43.2 Å². The molecule has 4 heteroatoms. The standard InChI is InChI=1S/C24H27N3O/c1-24(2,3)19-9-11-20(12-10-19)28-23-21-13-14-27(16-22(21)25-17-26-23)15-18-7-5-4-6-8-18/h4-12,17H,13-16H2,1-3H3. The molecule has 4 nitrogen and oxygen atoms in total. The van der Waals surface area contributed by atoms with Crippen molar-refractivity contribution >= 4 is 0 Å². The molecule has 2 heterocycles. The summed E-state index contributed by atoms with van der Waals surface area (Å²) in [4.78, 5) is 11.4. The van der Waals surface area contributed by atoms with Crippen molar-refractivity contribution in [3.8, 4) is 11.6 Å². The number of hydrogen-bond donors (Lipinski definition) is 0. The fourth-order valence-corrected chi connectivity index (χ4v) is 3.58. The van der Waals surface area contributed by atoms with Gasteiger partial charge in [0.15, 0.2) is 0 Å². The number of ether oxygens (including phenoxy) is 1. The lowest BCUT2D eigenvalue weighted by Gasteiger charge is -2.28. The van der Waals surface area contributed by atoms with E-state index in [0.29, 0.717) is 5.88 Å². The van der Waals surface area contributed by atoms with Crippen molar-refractivity contribution in [2.24, 2.45) is 0 Å². The molecule has 2 aromatic carbocycles. The number of nitrogens with zero attached hydrogens (tertiary/aromatic N) is 3. The summed E-state index contributed by atoms with van der Waals surface area (Å²) in [6, 6.07) is 18.9. The number of fused-ring (bicyclic) bond motifs is 1. The molecule has 4 rings (SSSR count). The van der Waals surface area contributed by atoms with Gasteiger partial charge < -0.3 is 4.74 Å². The SMILES string of the molecule is CC(C)(C)c1ccc(Oc2ncnc3c2CCN(Cc2ccccc2)C3)cc1. The average Bonchev–Trinajstić information content (AvgIpc) is 2.69. The van der Waals surface area contributed by atoms with Gasteiger partial charge in [-0.05, 0) is 35.1 Å². The zero-order valence-electron chi connectivity index (χ0n) is 16.9. The second kappa shape index (κ2) is 7.72. The monoisotopic (exact) mass is 373 g/mol. The van der Waals surface area contributed by atoms with Crippen molar-refractivity contribution < 1.29 is 4.74 Å². The zero-order valence-corrected chi connectivity index (χ0v) is 16.9. The summed E-state index contributed by atoms with van der Waals surface area (Å²) in [5.74, 6) is 1.51. The van der Waals surface area contributed by atoms with Crippen LogP contribution in [-0.4, -0.2) is 21.4 Å². The predicted octanol–water partition coefficient (Wildman–Crippen LogP) is 5.12. The topological polar surface area (TPSA) is 38.3 Å². The molecule has 1 aromatic heterocycles. The second-order valence-corrected chi connectivity index (χ2v) is 8.43. The summed E-state index contributed by atoms with van der Waals surface area (Å²) in [5, 5.41) is 0. The van der Waals surface area contributed by atoms with Gasteiger partial charge in [0.25, 0.3) is 0 Å². The summed E-state index contributed by atoms with van der Waals surface area (Å²) in [5.41, 5.74) is 4.95. The van der Waals surface area contributed by atoms with Gasteiger partial charge in [0.05, 0.1) is 5.69 Å². The van der Waals surface area contributed by atoms with E-state index in [1.807, 2.05) is 12.1 Å². The molecule has 0 bridgehead atoms. The first kappa shape index (κ1) is 18.6. The molecule has 0 N–H and O–H groups in total. The van der Waals surface area contributed by atoms with Crippen LogP contribution in [0, 0.1) is 0 Å². The van der Waals surface area contributed by atoms with E-state index in [-0.39, 0.29) is 5.41 Å². The van der Waals surface area contributed by atoms with E-state index in [1.54, 1.807) is 6.33 Å². The molecule has 0 aliphatic carbocycles. The van der Waals surface area contributed by atoms with Gasteiger partial charge in [-0.15, -0.1) is 0 Å². The Hall–Kier alpha value is -2.72. The van der Waals surface area contributed by atoms with Crippen molar-refractivity contribution in [1.29, 1.82) is 0 Å². The van der Waals surface area contributed by atoms with Crippen LogP contribution in [0.5, 0.6) is 11.6 Å². The first-order chi connectivity index (χ1) is 13.5. The molecule has 3 aromatic rings. The van der Waals surface area contributed by atoms with Gasteiger partial charge in [-0.1, -0.05) is 63.2 Å². The van der Waals surface area contributed by atoms with Crippen LogP contribution in [-0.2, 0) is 24.9 Å². The lowest BCUT2D eigenvalue weighted by Crippen LogP contribution is -2.31. The van der Waals surface area contributed by atoms with Crippen molar-refractivity contribution in [2.45, 2.75) is 45.7 Å². The van der Waals surface area contributed by atoms with Gasteiger partial charge in [0, 0.05) is 25.2 Å². The van der Waals surface area contributed by atoms with Gasteiger partial charge in [0.2, 0.25) is 5.88 Å². The third-order valence-electron chi connectivity index (χ3n) is 5.23. The highest BCUT2D eigenvalue weighted by Gasteiger charge is 2.22. The Morgan fingerprint density at radius 3 is 2.43 bits per heavy atom. The van der Waals surface area contributed by atoms with Crippen LogP contribution in [0.25, 0.3) is 0 Å². The molecule has 0 spiro atoms. The van der Waals surface area contributed by atoms with E-state index >= 15 is 0 Å². The van der Waals surface area contributed by atoms with Crippen LogP contribution in [0.3, 0.4) is 0 Å². The third-order valence-corrected chi connectivity index (χ3v) is 5.23. The van der Waals surface area contributed by atoms with Crippen molar-refractivity contribution in [2.75, 3.05) is 6.54 Å². The molecule has 0 saturated heterocycles. The van der Waals surface area contributed by atoms with Crippen molar-refractivity contribution in [3.63, 3.8) is 0 Å². The largest absolute Gasteiger partial charge is 0.439 e. The van der Waals surface area contributed by atoms with E-state index in [0.717, 1.165) is 43.1 Å². The van der Waals surface area contributed by atoms with Crippen molar-refractivity contribution in [3.05, 3.63) is 83.3 Å². The minimum atomic E-state index is 0.134. The average molecular weight is 374 g/mol. The molecule has 0 radical (unpaired) electrons. The molecule has 1 aliphatic heterocycles. The third kappa shape index (κ3) is 4.23. The van der Waals surface area contributed by atoms with Gasteiger partial charge >= 0.3 is 0 Å². The van der Waals surface area contributed by atoms with E-state index in [4.69, 9.17) is 4.74 Å². The molecular weight excluding hydrogens is 346 g/mol. The van der Waals surface area contributed by atoms with Crippen LogP contribution in [0.15, 0.2) is 60.9 Å². The quantitative estimate of drug-likeness (QED) is 0.636. The van der Waals surface area contributed by atoms with Crippen LogP contribution >= 0.6 is 0 Å². The summed E-state index contributed by atoms with van der Waals surface area (Å²) in [6.45, 7) is 9.38. The molecular formula is C24H27N3O. The van der Waals surface area contributed by atoms with E-state index in [9.17, 15) is 0 Å². The maximum Gasteiger partial charge on any atom is 0.225 e. The van der Waals surface area contributed by atoms with E-state index in [2.05, 4.69) is 78.1 Å². The summed E-state index contributed by atoms with van der Waals surface area (Å²) < 4.78 is 6.13. The molecule has 0 unspecified atom stereocenters. The Morgan fingerprint density at radius 2 is 1.71 bits per heavy atom. The fourth-order valence-electron chi connectivity index (χ4n) is 3.58. The van der Waals surface area contributed by atoms with Gasteiger partial charge in [-0.2, -0.15) is 0 Å². The van der Waals surface area contributed by atoms with Gasteiger partial charge in [-0.25, -0.2) is 9.97 Å². The lowest BCUT2D eigenvalue weighted by atomic mass is 9.87. The zero-order chi connectivity index (χ0) is 19.6. The van der Waals surface area contributed by atoms with E-state index in [1.165, 1.54) is 11.1 Å². The number of rotatable bonds is 4. The van der Waals surface area contributed by atoms with Gasteiger partial charge in [0.1, 0.15) is 12.1 Å². The Labute approximate surface area is 167 Å². The Balaban J connectivity index is 1.48. The first-order valence-electron chi connectivity index (χ1n) is 9.86. The van der Waals surface area contributed by atoms with Crippen LogP contribution < -0.4 is 4.74 Å². The maximum absolute atomic E-state index is 6.13. The summed E-state index contributed by atoms with van der Waals surface area (Å²) in [6.07, 6.45) is 2.52. The Kier molecular flexibility index (Phi) is 5.14. The molecule has 1 aliphatic rings. The Morgan fingerprint density at radius 1 is 0.964 bits per heavy atom. The minimum Gasteiger partial charge on any atom is -0.439 e. The maximum atomic E-state index is 6.13. The molecule has 0 fully saturated rings. The number of aromatic nitrogens is 2. The Bertz CT molecular complexity index is 930. The summed E-state index contributed by atoms with van der Waals surface area (Å²) >= 11 is 0. The summed E-state index contributed by atoms with van der Waals surface area (Å²) in [7, 11) is 0. The first-order valence-corrected chi connectivity index (χ1v) is 9.86. The highest BCUT2D eigenvalue weighted by atomic mass is 16.5. The normalized spacial score (nSPS) is 14.5. The minimum absolute atomic E-state index is 0.134. The second-order valence-electron chi connectivity index (χ2n) is 8.43. The highest BCUT2D eigenvalue weighted by Crippen LogP contribution is 2.30. The molecule has 144 valence electrons. The molecule has 28 heavy (non-hydrogen) atoms. The lowest BCUT2D eigenvalue weighted by molar-refractivity contribution is 0.238. The number of hydrogen-bond acceptors (Lipinski definition) is 4. The van der Waals surface area contributed by atoms with Crippen LogP contribution in [0.2, 0.25) is 0 Å². The number of benzene rings is 2. The van der Waals surface area contributed by atoms with Crippen LogP contribution in [0.4, 0.5) is 0 Å². The molecule has 0 saturated carbocycles. The predicted molar refractivity (Wildman–Crippen MR) is 112 cm³/mol. The van der Waals surface area contributed by atoms with Crippen molar-refractivity contribution in [1.82, 2.24) is 14.9 Å². The fraction of sp³-hybridized carbons (Fsp3) is 0.333. The highest BCUT2D eigenvalue weighted by molar-refractivity contribution is 5.38. The van der Waals surface area contributed by atoms with Gasteiger partial charge in [-0.3, -0.25) is 4.90 Å².